The maximum atomic E-state index is 12.4. The summed E-state index contributed by atoms with van der Waals surface area (Å²) in [5.74, 6) is -2.66. The highest BCUT2D eigenvalue weighted by Gasteiger charge is 2.38. The summed E-state index contributed by atoms with van der Waals surface area (Å²) in [6, 6.07) is 11.7. The van der Waals surface area contributed by atoms with Crippen LogP contribution in [0.25, 0.3) is 0 Å². The Morgan fingerprint density at radius 1 is 0.960 bits per heavy atom. The van der Waals surface area contributed by atoms with Crippen molar-refractivity contribution in [3.8, 4) is 5.75 Å². The molecule has 0 N–H and O–H groups in total. The minimum atomic E-state index is -3.05. The number of alkyl halides is 2. The van der Waals surface area contributed by atoms with Crippen LogP contribution in [0.4, 0.5) is 8.78 Å². The van der Waals surface area contributed by atoms with E-state index < -0.39 is 30.8 Å². The molecule has 1 heterocycles. The van der Waals surface area contributed by atoms with Crippen molar-refractivity contribution in [1.29, 1.82) is 0 Å². The predicted octanol–water partition coefficient (Wildman–Crippen LogP) is 2.58. The summed E-state index contributed by atoms with van der Waals surface area (Å²) < 4.78 is 29.1. The van der Waals surface area contributed by atoms with Crippen LogP contribution in [0, 0.1) is 0 Å². The van der Waals surface area contributed by atoms with Gasteiger partial charge in [0.15, 0.2) is 0 Å². The van der Waals surface area contributed by atoms with Gasteiger partial charge in [0.25, 0.3) is 11.8 Å². The number of halogens is 2. The molecule has 0 aliphatic carbocycles. The molecule has 6 nitrogen and oxygen atoms in total. The van der Waals surface area contributed by atoms with E-state index in [1.807, 2.05) is 0 Å². The first-order valence-electron chi connectivity index (χ1n) is 7.18. The second-order valence-corrected chi connectivity index (χ2v) is 5.08. The number of ether oxygens (including phenoxy) is 1. The second kappa shape index (κ2) is 6.68. The molecule has 2 aromatic rings. The van der Waals surface area contributed by atoms with E-state index in [1.54, 1.807) is 12.1 Å². The number of para-hydroxylation sites is 1. The molecule has 0 bridgehead atoms. The first kappa shape index (κ1) is 16.6. The number of benzene rings is 2. The zero-order chi connectivity index (χ0) is 18.0. The van der Waals surface area contributed by atoms with Crippen LogP contribution in [0.1, 0.15) is 26.3 Å². The summed E-state index contributed by atoms with van der Waals surface area (Å²) in [6.45, 7) is -3.05. The van der Waals surface area contributed by atoms with E-state index in [0.717, 1.165) is 0 Å². The lowest BCUT2D eigenvalue weighted by Gasteiger charge is -2.14. The summed E-state index contributed by atoms with van der Waals surface area (Å²) in [4.78, 5) is 41.1. The maximum Gasteiger partial charge on any atom is 0.387 e. The van der Waals surface area contributed by atoms with Gasteiger partial charge >= 0.3 is 12.6 Å². The Morgan fingerprint density at radius 2 is 1.52 bits per heavy atom. The van der Waals surface area contributed by atoms with Crippen LogP contribution in [0.3, 0.4) is 0 Å². The van der Waals surface area contributed by atoms with Gasteiger partial charge < -0.3 is 9.57 Å². The molecule has 128 valence electrons. The normalized spacial score (nSPS) is 13.2. The predicted molar refractivity (Wildman–Crippen MR) is 79.8 cm³/mol. The zero-order valence-corrected chi connectivity index (χ0v) is 12.6. The minimum Gasteiger partial charge on any atom is -0.435 e. The van der Waals surface area contributed by atoms with Gasteiger partial charge in [-0.2, -0.15) is 8.78 Å². The van der Waals surface area contributed by atoms with E-state index in [4.69, 9.17) is 4.84 Å². The van der Waals surface area contributed by atoms with Gasteiger partial charge in [-0.05, 0) is 18.2 Å². The molecule has 2 amide bonds. The number of hydrogen-bond acceptors (Lipinski definition) is 5. The number of hydrogen-bond donors (Lipinski definition) is 0. The molecule has 0 atom stereocenters. The average Bonchev–Trinajstić information content (AvgIpc) is 2.82. The van der Waals surface area contributed by atoms with E-state index in [1.165, 1.54) is 36.4 Å². The first-order chi connectivity index (χ1) is 12.0. The third-order valence-electron chi connectivity index (χ3n) is 3.47. The minimum absolute atomic E-state index is 0.127. The van der Waals surface area contributed by atoms with Crippen LogP contribution in [0.2, 0.25) is 0 Å². The topological polar surface area (TPSA) is 72.9 Å². The van der Waals surface area contributed by atoms with E-state index in [-0.39, 0.29) is 22.4 Å². The number of nitrogens with zero attached hydrogens (tertiary/aromatic N) is 1. The van der Waals surface area contributed by atoms with Gasteiger partial charge in [-0.15, -0.1) is 0 Å². The van der Waals surface area contributed by atoms with Gasteiger partial charge in [0, 0.05) is 5.56 Å². The smallest absolute Gasteiger partial charge is 0.387 e. The van der Waals surface area contributed by atoms with Crippen LogP contribution in [-0.2, 0) is 16.1 Å². The van der Waals surface area contributed by atoms with Crippen LogP contribution < -0.4 is 4.74 Å². The monoisotopic (exact) mass is 347 g/mol. The lowest BCUT2D eigenvalue weighted by molar-refractivity contribution is -0.167. The molecule has 0 saturated carbocycles. The fraction of sp³-hybridized carbons (Fsp3) is 0.118. The summed E-state index contributed by atoms with van der Waals surface area (Å²) >= 11 is 0. The van der Waals surface area contributed by atoms with E-state index in [2.05, 4.69) is 4.74 Å². The van der Waals surface area contributed by atoms with E-state index in [0.29, 0.717) is 5.06 Å². The van der Waals surface area contributed by atoms with Crippen LogP contribution in [0.15, 0.2) is 48.5 Å². The van der Waals surface area contributed by atoms with Crippen molar-refractivity contribution >= 4 is 17.8 Å². The Labute approximate surface area is 140 Å². The van der Waals surface area contributed by atoms with Crippen molar-refractivity contribution in [1.82, 2.24) is 5.06 Å². The SMILES string of the molecule is O=C(Cc1ccccc1OC(F)F)ON1C(=O)c2ccccc2C1=O. The van der Waals surface area contributed by atoms with Gasteiger partial charge in [0.1, 0.15) is 5.75 Å². The lowest BCUT2D eigenvalue weighted by Crippen LogP contribution is -2.33. The molecule has 0 spiro atoms. The molecule has 1 aliphatic rings. The first-order valence-corrected chi connectivity index (χ1v) is 7.18. The maximum absolute atomic E-state index is 12.4. The van der Waals surface area contributed by atoms with Crippen LogP contribution in [0.5, 0.6) is 5.75 Å². The quantitative estimate of drug-likeness (QED) is 0.778. The molecular weight excluding hydrogens is 336 g/mol. The summed E-state index contributed by atoms with van der Waals surface area (Å²) in [5, 5.41) is 0.365. The summed E-state index contributed by atoms with van der Waals surface area (Å²) in [5.41, 5.74) is 0.396. The molecule has 0 unspecified atom stereocenters. The Bertz CT molecular complexity index is 817. The highest BCUT2D eigenvalue weighted by atomic mass is 19.3. The molecule has 2 aromatic carbocycles. The Morgan fingerprint density at radius 3 is 2.12 bits per heavy atom. The van der Waals surface area contributed by atoms with Crippen molar-refractivity contribution in [2.75, 3.05) is 0 Å². The number of amides is 2. The Balaban J connectivity index is 1.73. The number of imide groups is 1. The summed E-state index contributed by atoms with van der Waals surface area (Å²) in [6.07, 6.45) is -0.448. The molecular formula is C17H11F2NO5. The van der Waals surface area contributed by atoms with Gasteiger partial charge in [-0.1, -0.05) is 35.4 Å². The van der Waals surface area contributed by atoms with E-state index in [9.17, 15) is 23.2 Å². The number of carbonyl (C=O) groups is 3. The van der Waals surface area contributed by atoms with Crippen LogP contribution in [-0.4, -0.2) is 29.5 Å². The van der Waals surface area contributed by atoms with Crippen LogP contribution >= 0.6 is 0 Å². The molecule has 0 aromatic heterocycles. The molecule has 1 aliphatic heterocycles. The van der Waals surface area contributed by atoms with Crippen molar-refractivity contribution in [3.63, 3.8) is 0 Å². The standard InChI is InChI=1S/C17H11F2NO5/c18-17(19)24-13-8-4-1-5-10(13)9-14(21)25-20-15(22)11-6-2-3-7-12(11)16(20)23/h1-8,17H,9H2. The average molecular weight is 347 g/mol. The molecule has 0 saturated heterocycles. The molecule has 25 heavy (non-hydrogen) atoms. The van der Waals surface area contributed by atoms with E-state index >= 15 is 0 Å². The number of carbonyl (C=O) groups excluding carboxylic acids is 3. The van der Waals surface area contributed by atoms with Gasteiger partial charge in [0.05, 0.1) is 17.5 Å². The Kier molecular flexibility index (Phi) is 4.42. The van der Waals surface area contributed by atoms with Crippen molar-refractivity contribution < 1.29 is 32.7 Å². The third kappa shape index (κ3) is 3.32. The van der Waals surface area contributed by atoms with Gasteiger partial charge in [0.2, 0.25) is 0 Å². The lowest BCUT2D eigenvalue weighted by atomic mass is 10.1. The molecule has 8 heteroatoms. The number of fused-ring (bicyclic) bond motifs is 1. The molecule has 3 rings (SSSR count). The number of hydroxylamine groups is 2. The fourth-order valence-corrected chi connectivity index (χ4v) is 2.40. The molecule has 0 radical (unpaired) electrons. The summed E-state index contributed by atoms with van der Waals surface area (Å²) in [7, 11) is 0. The third-order valence-corrected chi connectivity index (χ3v) is 3.47. The van der Waals surface area contributed by atoms with Gasteiger partial charge in [-0.3, -0.25) is 9.59 Å². The second-order valence-electron chi connectivity index (χ2n) is 5.08. The van der Waals surface area contributed by atoms with Crippen molar-refractivity contribution in [2.24, 2.45) is 0 Å². The van der Waals surface area contributed by atoms with Gasteiger partial charge in [-0.25, -0.2) is 4.79 Å². The highest BCUT2D eigenvalue weighted by Crippen LogP contribution is 2.24. The highest BCUT2D eigenvalue weighted by molar-refractivity contribution is 6.20. The zero-order valence-electron chi connectivity index (χ0n) is 12.6. The fourth-order valence-electron chi connectivity index (χ4n) is 2.40. The largest absolute Gasteiger partial charge is 0.435 e. The van der Waals surface area contributed by atoms with Crippen molar-refractivity contribution in [3.05, 3.63) is 65.2 Å². The molecule has 0 fully saturated rings. The Hall–Kier alpha value is -3.29. The number of rotatable bonds is 5. The van der Waals surface area contributed by atoms with Crippen molar-refractivity contribution in [2.45, 2.75) is 13.0 Å².